The van der Waals surface area contributed by atoms with Crippen molar-refractivity contribution in [2.45, 2.75) is 115 Å². The minimum atomic E-state index is -0.790. The molecule has 2 aliphatic rings. The van der Waals surface area contributed by atoms with Gasteiger partial charge in [0.2, 0.25) is 0 Å². The molecule has 3 heterocycles. The summed E-state index contributed by atoms with van der Waals surface area (Å²) in [7, 11) is 0. The van der Waals surface area contributed by atoms with E-state index in [1.807, 2.05) is 39.3 Å². The Morgan fingerprint density at radius 3 is 2.65 bits per heavy atom. The fraction of sp³-hybridized carbons (Fsp3) is 0.800. The summed E-state index contributed by atoms with van der Waals surface area (Å²) in [6, 6.07) is -0.233. The van der Waals surface area contributed by atoms with Crippen molar-refractivity contribution in [2.24, 2.45) is 0 Å². The van der Waals surface area contributed by atoms with E-state index in [1.54, 1.807) is 11.8 Å². The zero-order valence-corrected chi connectivity index (χ0v) is 23.8. The van der Waals surface area contributed by atoms with E-state index in [9.17, 15) is 4.79 Å². The summed E-state index contributed by atoms with van der Waals surface area (Å²) in [6.07, 6.45) is 2.59. The summed E-state index contributed by atoms with van der Waals surface area (Å²) in [5, 5.41) is 13.1. The molecule has 1 aliphatic carbocycles. The van der Waals surface area contributed by atoms with Crippen LogP contribution in [0.25, 0.3) is 11.2 Å². The number of hydrogen-bond donors (Lipinski definition) is 1. The summed E-state index contributed by atoms with van der Waals surface area (Å²) in [5.41, 5.74) is 0.702. The van der Waals surface area contributed by atoms with Gasteiger partial charge in [0, 0.05) is 18.7 Å². The number of rotatable bonds is 11. The molecular formula is C25H40N6O5S. The zero-order valence-electron chi connectivity index (χ0n) is 22.9. The minimum absolute atomic E-state index is 0.161. The number of carbonyl (C=O) groups excluding carboxylic acids is 1. The number of fused-ring (bicyclic) bond motifs is 2. The van der Waals surface area contributed by atoms with Crippen molar-refractivity contribution in [3.05, 3.63) is 0 Å². The molecule has 11 nitrogen and oxygen atoms in total. The van der Waals surface area contributed by atoms with Crippen LogP contribution in [0.1, 0.15) is 80.2 Å². The van der Waals surface area contributed by atoms with Crippen molar-refractivity contribution < 1.29 is 23.7 Å². The maximum Gasteiger partial charge on any atom is 0.332 e. The lowest BCUT2D eigenvalue weighted by Crippen LogP contribution is -2.34. The highest BCUT2D eigenvalue weighted by atomic mass is 32.2. The van der Waals surface area contributed by atoms with Crippen LogP contribution in [0.3, 0.4) is 0 Å². The first-order valence-corrected chi connectivity index (χ1v) is 14.2. The predicted octanol–water partition coefficient (Wildman–Crippen LogP) is 4.13. The van der Waals surface area contributed by atoms with Crippen LogP contribution in [0, 0.1) is 0 Å². The number of aromatic nitrogens is 5. The second-order valence-electron chi connectivity index (χ2n) is 11.0. The standard InChI is InChI=1S/C25H40N6O5S/c1-8-10-11-26-21-18-22(28-23(27-21)37-12-9-2)31(30-29-18)15-13-16(20-19(15)35-25(6,7)36-20)33-14-17(32)34-24(3,4)5/h15-16,19-20H,8-14H2,1-7H3,(H,26,27,28)/t15-,16+,19+,20-/m0/s1. The van der Waals surface area contributed by atoms with Crippen molar-refractivity contribution in [3.8, 4) is 0 Å². The molecule has 0 spiro atoms. The highest BCUT2D eigenvalue weighted by Gasteiger charge is 2.56. The molecule has 0 bridgehead atoms. The molecule has 0 aromatic carbocycles. The van der Waals surface area contributed by atoms with Crippen molar-refractivity contribution >= 4 is 34.7 Å². The molecule has 37 heavy (non-hydrogen) atoms. The van der Waals surface area contributed by atoms with Gasteiger partial charge in [0.25, 0.3) is 0 Å². The monoisotopic (exact) mass is 536 g/mol. The molecule has 0 amide bonds. The number of esters is 1. The van der Waals surface area contributed by atoms with Crippen LogP contribution in [0.15, 0.2) is 5.16 Å². The highest BCUT2D eigenvalue weighted by molar-refractivity contribution is 7.99. The molecule has 0 radical (unpaired) electrons. The van der Waals surface area contributed by atoms with Gasteiger partial charge in [0.1, 0.15) is 24.4 Å². The maximum absolute atomic E-state index is 12.3. The molecule has 2 aromatic heterocycles. The molecule has 12 heteroatoms. The average Bonchev–Trinajstić information content (AvgIpc) is 3.46. The number of thioether (sulfide) groups is 1. The molecule has 206 valence electrons. The number of unbranched alkanes of at least 4 members (excludes halogenated alkanes) is 1. The van der Waals surface area contributed by atoms with Crippen LogP contribution in [-0.2, 0) is 23.7 Å². The second-order valence-corrected chi connectivity index (χ2v) is 12.1. The van der Waals surface area contributed by atoms with E-state index in [2.05, 4.69) is 29.5 Å². The Kier molecular flexibility index (Phi) is 8.61. The number of anilines is 1. The Bertz CT molecular complexity index is 1090. The van der Waals surface area contributed by atoms with Gasteiger partial charge in [-0.3, -0.25) is 0 Å². The second kappa shape index (κ2) is 11.4. The minimum Gasteiger partial charge on any atom is -0.458 e. The topological polar surface area (TPSA) is 123 Å². The average molecular weight is 537 g/mol. The number of carbonyl (C=O) groups is 1. The van der Waals surface area contributed by atoms with Gasteiger partial charge in [-0.2, -0.15) is 0 Å². The Morgan fingerprint density at radius 2 is 1.95 bits per heavy atom. The number of nitrogens with zero attached hydrogens (tertiary/aromatic N) is 5. The van der Waals surface area contributed by atoms with E-state index in [-0.39, 0.29) is 31.0 Å². The molecule has 2 fully saturated rings. The first-order chi connectivity index (χ1) is 17.5. The molecular weight excluding hydrogens is 496 g/mol. The van der Waals surface area contributed by atoms with Gasteiger partial charge in [-0.25, -0.2) is 19.4 Å². The molecule has 1 N–H and O–H groups in total. The van der Waals surface area contributed by atoms with Crippen molar-refractivity contribution in [2.75, 3.05) is 24.2 Å². The van der Waals surface area contributed by atoms with Gasteiger partial charge in [0.15, 0.2) is 27.9 Å². The van der Waals surface area contributed by atoms with Crippen LogP contribution in [0.5, 0.6) is 0 Å². The fourth-order valence-electron chi connectivity index (χ4n) is 4.65. The molecule has 2 aromatic rings. The van der Waals surface area contributed by atoms with Gasteiger partial charge in [0.05, 0.1) is 12.1 Å². The summed E-state index contributed by atoms with van der Waals surface area (Å²) in [6.45, 7) is 14.2. The fourth-order valence-corrected chi connectivity index (χ4v) is 5.35. The van der Waals surface area contributed by atoms with E-state index >= 15 is 0 Å². The van der Waals surface area contributed by atoms with E-state index in [0.717, 1.165) is 31.6 Å². The van der Waals surface area contributed by atoms with Gasteiger partial charge in [-0.05, 0) is 47.5 Å². The third-order valence-corrected chi connectivity index (χ3v) is 7.15. The third-order valence-electron chi connectivity index (χ3n) is 6.09. The smallest absolute Gasteiger partial charge is 0.332 e. The quantitative estimate of drug-likeness (QED) is 0.193. The Morgan fingerprint density at radius 1 is 1.19 bits per heavy atom. The van der Waals surface area contributed by atoms with E-state index in [1.165, 1.54) is 0 Å². The Labute approximate surface area is 222 Å². The molecule has 1 aliphatic heterocycles. The highest BCUT2D eigenvalue weighted by Crippen LogP contribution is 2.45. The van der Waals surface area contributed by atoms with Crippen molar-refractivity contribution in [3.63, 3.8) is 0 Å². The van der Waals surface area contributed by atoms with E-state index in [0.29, 0.717) is 28.6 Å². The lowest BCUT2D eigenvalue weighted by Gasteiger charge is -2.24. The van der Waals surface area contributed by atoms with Crippen LogP contribution >= 0.6 is 11.8 Å². The Balaban J connectivity index is 1.61. The summed E-state index contributed by atoms with van der Waals surface area (Å²) >= 11 is 1.62. The number of hydrogen-bond acceptors (Lipinski definition) is 11. The molecule has 1 saturated carbocycles. The normalized spacial score (nSPS) is 24.9. The molecule has 1 saturated heterocycles. The molecule has 4 rings (SSSR count). The lowest BCUT2D eigenvalue weighted by molar-refractivity contribution is -0.177. The van der Waals surface area contributed by atoms with Gasteiger partial charge in [-0.1, -0.05) is 37.2 Å². The van der Waals surface area contributed by atoms with Crippen LogP contribution in [-0.4, -0.2) is 79.5 Å². The molecule has 4 atom stereocenters. The van der Waals surface area contributed by atoms with Crippen LogP contribution in [0.4, 0.5) is 5.82 Å². The number of ether oxygens (including phenoxy) is 4. The maximum atomic E-state index is 12.3. The zero-order chi connectivity index (χ0) is 26.8. The van der Waals surface area contributed by atoms with Gasteiger partial charge in [-0.15, -0.1) is 5.10 Å². The lowest BCUT2D eigenvalue weighted by atomic mass is 10.2. The summed E-state index contributed by atoms with van der Waals surface area (Å²) < 4.78 is 25.8. The van der Waals surface area contributed by atoms with Gasteiger partial charge >= 0.3 is 5.97 Å². The van der Waals surface area contributed by atoms with E-state index < -0.39 is 17.4 Å². The summed E-state index contributed by atoms with van der Waals surface area (Å²) in [4.78, 5) is 21.9. The van der Waals surface area contributed by atoms with Crippen LogP contribution < -0.4 is 5.32 Å². The van der Waals surface area contributed by atoms with Gasteiger partial charge < -0.3 is 24.3 Å². The summed E-state index contributed by atoms with van der Waals surface area (Å²) in [5.74, 6) is 0.410. The largest absolute Gasteiger partial charge is 0.458 e. The Hall–Kier alpha value is -2.02. The van der Waals surface area contributed by atoms with E-state index in [4.69, 9.17) is 28.9 Å². The van der Waals surface area contributed by atoms with Crippen LogP contribution in [0.2, 0.25) is 0 Å². The number of nitrogens with one attached hydrogen (secondary N) is 1. The first-order valence-electron chi connectivity index (χ1n) is 13.2. The third kappa shape index (κ3) is 6.71. The van der Waals surface area contributed by atoms with Crippen molar-refractivity contribution in [1.82, 2.24) is 25.0 Å². The molecule has 0 unspecified atom stereocenters. The van der Waals surface area contributed by atoms with Crippen molar-refractivity contribution in [1.29, 1.82) is 0 Å². The SMILES string of the molecule is CCCCNc1nc(SCCC)nc2c1nnn2[C@H]1C[C@@H](OCC(=O)OC(C)(C)C)[C@@H]2OC(C)(C)O[C@@H]21. The predicted molar refractivity (Wildman–Crippen MR) is 141 cm³/mol. The first kappa shape index (κ1) is 28.0.